The van der Waals surface area contributed by atoms with Crippen molar-refractivity contribution in [1.82, 2.24) is 4.98 Å². The normalized spacial score (nSPS) is 13.2. The fourth-order valence-electron chi connectivity index (χ4n) is 2.94. The van der Waals surface area contributed by atoms with E-state index in [1.807, 2.05) is 25.1 Å². The van der Waals surface area contributed by atoms with Crippen molar-refractivity contribution < 1.29 is 9.59 Å². The van der Waals surface area contributed by atoms with Crippen molar-refractivity contribution in [3.8, 4) is 0 Å². The van der Waals surface area contributed by atoms with Crippen LogP contribution in [0.25, 0.3) is 0 Å². The zero-order valence-electron chi connectivity index (χ0n) is 15.9. The Kier molecular flexibility index (Phi) is 5.65. The number of carbonyl (C=O) groups is 2. The van der Waals surface area contributed by atoms with Crippen LogP contribution in [-0.4, -0.2) is 16.8 Å². The maximum Gasteiger partial charge on any atom is 0.257 e. The quantitative estimate of drug-likeness (QED) is 0.563. The Bertz CT molecular complexity index is 1060. The number of anilines is 2. The molecule has 3 aromatic rings. The van der Waals surface area contributed by atoms with Crippen molar-refractivity contribution in [2.24, 2.45) is 5.92 Å². The second-order valence-corrected chi connectivity index (χ2v) is 8.64. The molecule has 148 valence electrons. The highest BCUT2D eigenvalue weighted by molar-refractivity contribution is 7.15. The largest absolute Gasteiger partial charge is 0.326 e. The van der Waals surface area contributed by atoms with Gasteiger partial charge >= 0.3 is 0 Å². The molecule has 1 heterocycles. The fourth-order valence-corrected chi connectivity index (χ4v) is 3.97. The van der Waals surface area contributed by atoms with Crippen molar-refractivity contribution in [2.75, 3.05) is 10.6 Å². The monoisotopic (exact) mass is 425 g/mol. The molecule has 1 aliphatic carbocycles. The summed E-state index contributed by atoms with van der Waals surface area (Å²) < 4.78 is 0. The molecule has 0 unspecified atom stereocenters. The zero-order chi connectivity index (χ0) is 20.4. The fraction of sp³-hybridized carbons (Fsp3) is 0.227. The second-order valence-electron chi connectivity index (χ2n) is 7.15. The van der Waals surface area contributed by atoms with Gasteiger partial charge in [-0.25, -0.2) is 4.98 Å². The van der Waals surface area contributed by atoms with Crippen molar-refractivity contribution in [2.45, 2.75) is 26.2 Å². The van der Waals surface area contributed by atoms with Gasteiger partial charge in [0.15, 0.2) is 5.13 Å². The van der Waals surface area contributed by atoms with Crippen LogP contribution in [0, 0.1) is 12.8 Å². The number of amides is 2. The van der Waals surface area contributed by atoms with Gasteiger partial charge in [0.05, 0.1) is 0 Å². The van der Waals surface area contributed by atoms with Crippen LogP contribution in [0.2, 0.25) is 5.02 Å². The summed E-state index contributed by atoms with van der Waals surface area (Å²) in [5.41, 5.74) is 3.29. The third kappa shape index (κ3) is 4.83. The number of aryl methyl sites for hydroxylation is 1. The molecule has 0 bridgehead atoms. The van der Waals surface area contributed by atoms with Gasteiger partial charge < -0.3 is 5.32 Å². The van der Waals surface area contributed by atoms with Crippen molar-refractivity contribution in [3.05, 3.63) is 75.3 Å². The third-order valence-electron chi connectivity index (χ3n) is 4.77. The van der Waals surface area contributed by atoms with Crippen molar-refractivity contribution in [3.63, 3.8) is 0 Å². The Morgan fingerprint density at radius 3 is 2.62 bits per heavy atom. The van der Waals surface area contributed by atoms with Gasteiger partial charge in [0.2, 0.25) is 5.91 Å². The van der Waals surface area contributed by atoms with Crippen LogP contribution >= 0.6 is 22.9 Å². The molecular formula is C22H20ClN3O2S. The van der Waals surface area contributed by atoms with Crippen molar-refractivity contribution >= 4 is 45.6 Å². The first-order valence-electron chi connectivity index (χ1n) is 9.40. The summed E-state index contributed by atoms with van der Waals surface area (Å²) >= 11 is 7.80. The van der Waals surface area contributed by atoms with Crippen LogP contribution in [0.3, 0.4) is 0 Å². The van der Waals surface area contributed by atoms with Crippen LogP contribution in [0.4, 0.5) is 10.8 Å². The summed E-state index contributed by atoms with van der Waals surface area (Å²) in [4.78, 5) is 29.6. The number of hydrogen-bond donors (Lipinski definition) is 2. The lowest BCUT2D eigenvalue weighted by atomic mass is 10.1. The predicted molar refractivity (Wildman–Crippen MR) is 117 cm³/mol. The van der Waals surface area contributed by atoms with E-state index in [9.17, 15) is 9.59 Å². The van der Waals surface area contributed by atoms with Crippen LogP contribution in [-0.2, 0) is 11.2 Å². The summed E-state index contributed by atoms with van der Waals surface area (Å²) in [5.74, 6) is -0.0439. The van der Waals surface area contributed by atoms with Crippen LogP contribution in [0.5, 0.6) is 0 Å². The van der Waals surface area contributed by atoms with Gasteiger partial charge in [0.1, 0.15) is 0 Å². The van der Waals surface area contributed by atoms with E-state index in [0.29, 0.717) is 22.8 Å². The van der Waals surface area contributed by atoms with Gasteiger partial charge in [-0.1, -0.05) is 29.8 Å². The highest BCUT2D eigenvalue weighted by Crippen LogP contribution is 2.30. The minimum Gasteiger partial charge on any atom is -0.326 e. The first-order valence-corrected chi connectivity index (χ1v) is 10.6. The van der Waals surface area contributed by atoms with Crippen LogP contribution in [0.15, 0.2) is 48.7 Å². The zero-order valence-corrected chi connectivity index (χ0v) is 17.4. The molecule has 1 aromatic heterocycles. The molecule has 2 aromatic carbocycles. The van der Waals surface area contributed by atoms with E-state index in [1.165, 1.54) is 11.3 Å². The average Bonchev–Trinajstić information content (AvgIpc) is 3.47. The van der Waals surface area contributed by atoms with E-state index in [1.54, 1.807) is 30.5 Å². The second kappa shape index (κ2) is 8.35. The minimum absolute atomic E-state index is 0.0474. The standard InChI is InChI=1S/C22H20ClN3O2S/c1-13-3-2-4-16(19(13)23)11-18-12-24-22(29-18)26-21(28)15-7-9-17(10-8-15)25-20(27)14-5-6-14/h2-4,7-10,12,14H,5-6,11H2,1H3,(H,25,27)(H,24,26,28). The summed E-state index contributed by atoms with van der Waals surface area (Å²) in [6.07, 6.45) is 4.34. The first kappa shape index (κ1) is 19.6. The van der Waals surface area contributed by atoms with Gasteiger partial charge in [-0.2, -0.15) is 0 Å². The number of benzene rings is 2. The Hall–Kier alpha value is -2.70. The predicted octanol–water partition coefficient (Wildman–Crippen LogP) is 5.30. The SMILES string of the molecule is Cc1cccc(Cc2cnc(NC(=O)c3ccc(NC(=O)C4CC4)cc3)s2)c1Cl. The lowest BCUT2D eigenvalue weighted by Crippen LogP contribution is -2.14. The molecule has 29 heavy (non-hydrogen) atoms. The summed E-state index contributed by atoms with van der Waals surface area (Å²) in [6, 6.07) is 12.8. The number of aromatic nitrogens is 1. The van der Waals surface area contributed by atoms with Gasteiger partial charge in [-0.3, -0.25) is 14.9 Å². The molecule has 0 saturated heterocycles. The number of nitrogens with one attached hydrogen (secondary N) is 2. The first-order chi connectivity index (χ1) is 14.0. The van der Waals surface area contributed by atoms with Gasteiger partial charge in [0.25, 0.3) is 5.91 Å². The molecule has 1 aliphatic rings. The molecular weight excluding hydrogens is 406 g/mol. The Balaban J connectivity index is 1.37. The molecule has 7 heteroatoms. The molecule has 0 aliphatic heterocycles. The van der Waals surface area contributed by atoms with Gasteiger partial charge in [-0.15, -0.1) is 11.3 Å². The van der Waals surface area contributed by atoms with Crippen LogP contribution < -0.4 is 10.6 Å². The molecule has 1 saturated carbocycles. The molecule has 2 amide bonds. The minimum atomic E-state index is -0.237. The molecule has 4 rings (SSSR count). The number of thiazole rings is 1. The Morgan fingerprint density at radius 2 is 1.90 bits per heavy atom. The van der Waals surface area contributed by atoms with E-state index in [2.05, 4.69) is 15.6 Å². The number of rotatable bonds is 6. The van der Waals surface area contributed by atoms with E-state index < -0.39 is 0 Å². The molecule has 5 nitrogen and oxygen atoms in total. The highest BCUT2D eigenvalue weighted by Gasteiger charge is 2.29. The van der Waals surface area contributed by atoms with Crippen molar-refractivity contribution in [1.29, 1.82) is 0 Å². The maximum atomic E-state index is 12.5. The summed E-state index contributed by atoms with van der Waals surface area (Å²) in [7, 11) is 0. The Labute approximate surface area is 178 Å². The summed E-state index contributed by atoms with van der Waals surface area (Å²) in [6.45, 7) is 1.98. The lowest BCUT2D eigenvalue weighted by Gasteiger charge is -2.06. The number of hydrogen-bond acceptors (Lipinski definition) is 4. The lowest BCUT2D eigenvalue weighted by molar-refractivity contribution is -0.117. The molecule has 0 radical (unpaired) electrons. The molecule has 0 atom stereocenters. The molecule has 2 N–H and O–H groups in total. The van der Waals surface area contributed by atoms with Crippen LogP contribution in [0.1, 0.15) is 39.2 Å². The topological polar surface area (TPSA) is 71.1 Å². The van der Waals surface area contributed by atoms with E-state index in [0.717, 1.165) is 33.9 Å². The molecule has 0 spiro atoms. The van der Waals surface area contributed by atoms with E-state index >= 15 is 0 Å². The summed E-state index contributed by atoms with van der Waals surface area (Å²) in [5, 5.41) is 7.00. The third-order valence-corrected chi connectivity index (χ3v) is 6.23. The maximum absolute atomic E-state index is 12.5. The molecule has 1 fully saturated rings. The number of nitrogens with zero attached hydrogens (tertiary/aromatic N) is 1. The van der Waals surface area contributed by atoms with Gasteiger partial charge in [0, 0.05) is 39.7 Å². The van der Waals surface area contributed by atoms with Gasteiger partial charge in [-0.05, 0) is 55.2 Å². The average molecular weight is 426 g/mol. The smallest absolute Gasteiger partial charge is 0.257 e. The Morgan fingerprint density at radius 1 is 1.14 bits per heavy atom. The number of carbonyl (C=O) groups excluding carboxylic acids is 2. The van der Waals surface area contributed by atoms with E-state index in [4.69, 9.17) is 11.6 Å². The van der Waals surface area contributed by atoms with E-state index in [-0.39, 0.29) is 17.7 Å². The number of halogens is 1. The highest BCUT2D eigenvalue weighted by atomic mass is 35.5.